The standard InChI is InChI=1S/C13H13N5OS/c1-8-2-3-10-11(4-8)20-13(16-10)17-12(19)7-18-6-9(14)5-15-18/h2-6H,7,14H2,1H3,(H,16,17,19). The second kappa shape index (κ2) is 4.93. The van der Waals surface area contributed by atoms with Gasteiger partial charge in [-0.25, -0.2) is 4.98 Å². The van der Waals surface area contributed by atoms with E-state index in [9.17, 15) is 4.79 Å². The van der Waals surface area contributed by atoms with E-state index in [1.165, 1.54) is 27.8 Å². The maximum atomic E-state index is 11.9. The summed E-state index contributed by atoms with van der Waals surface area (Å²) in [6.45, 7) is 2.14. The molecule has 0 fully saturated rings. The largest absolute Gasteiger partial charge is 0.396 e. The Morgan fingerprint density at radius 3 is 3.10 bits per heavy atom. The van der Waals surface area contributed by atoms with Gasteiger partial charge in [0, 0.05) is 6.20 Å². The van der Waals surface area contributed by atoms with Crippen LogP contribution in [-0.4, -0.2) is 20.7 Å². The van der Waals surface area contributed by atoms with Crippen LogP contribution in [0.4, 0.5) is 10.8 Å². The van der Waals surface area contributed by atoms with Gasteiger partial charge in [-0.2, -0.15) is 5.10 Å². The summed E-state index contributed by atoms with van der Waals surface area (Å²) in [6, 6.07) is 6.00. The minimum atomic E-state index is -0.177. The molecule has 0 aliphatic rings. The Balaban J connectivity index is 1.73. The van der Waals surface area contributed by atoms with Crippen molar-refractivity contribution in [1.82, 2.24) is 14.8 Å². The summed E-state index contributed by atoms with van der Waals surface area (Å²) in [5.74, 6) is -0.177. The molecule has 6 nitrogen and oxygen atoms in total. The van der Waals surface area contributed by atoms with Crippen molar-refractivity contribution in [3.63, 3.8) is 0 Å². The first-order chi connectivity index (χ1) is 9.60. The van der Waals surface area contributed by atoms with Gasteiger partial charge in [-0.05, 0) is 24.6 Å². The Morgan fingerprint density at radius 2 is 2.35 bits per heavy atom. The van der Waals surface area contributed by atoms with Crippen LogP contribution in [0.15, 0.2) is 30.6 Å². The van der Waals surface area contributed by atoms with Crippen molar-refractivity contribution in [3.8, 4) is 0 Å². The maximum Gasteiger partial charge on any atom is 0.247 e. The van der Waals surface area contributed by atoms with Crippen LogP contribution >= 0.6 is 11.3 Å². The molecule has 0 spiro atoms. The Bertz CT molecular complexity index is 776. The van der Waals surface area contributed by atoms with Gasteiger partial charge in [0.1, 0.15) is 6.54 Å². The van der Waals surface area contributed by atoms with Gasteiger partial charge in [-0.15, -0.1) is 0 Å². The number of carbonyl (C=O) groups is 1. The number of nitrogens with zero attached hydrogens (tertiary/aromatic N) is 3. The molecule has 2 heterocycles. The van der Waals surface area contributed by atoms with Crippen LogP contribution in [0.1, 0.15) is 5.56 Å². The van der Waals surface area contributed by atoms with Crippen molar-refractivity contribution in [2.45, 2.75) is 13.5 Å². The zero-order valence-electron chi connectivity index (χ0n) is 10.8. The molecular formula is C13H13N5OS. The van der Waals surface area contributed by atoms with Crippen LogP contribution in [0, 0.1) is 6.92 Å². The lowest BCUT2D eigenvalue weighted by Crippen LogP contribution is -2.18. The van der Waals surface area contributed by atoms with Crippen LogP contribution in [0.25, 0.3) is 10.2 Å². The predicted molar refractivity (Wildman–Crippen MR) is 79.6 cm³/mol. The molecule has 0 unspecified atom stereocenters. The van der Waals surface area contributed by atoms with Crippen molar-refractivity contribution in [1.29, 1.82) is 0 Å². The molecule has 0 radical (unpaired) electrons. The van der Waals surface area contributed by atoms with Gasteiger partial charge in [-0.3, -0.25) is 9.48 Å². The zero-order valence-corrected chi connectivity index (χ0v) is 11.6. The molecule has 1 aromatic carbocycles. The summed E-state index contributed by atoms with van der Waals surface area (Å²) in [5, 5.41) is 7.33. The first kappa shape index (κ1) is 12.6. The monoisotopic (exact) mass is 287 g/mol. The van der Waals surface area contributed by atoms with Crippen molar-refractivity contribution in [3.05, 3.63) is 36.2 Å². The van der Waals surface area contributed by atoms with Crippen LogP contribution in [0.3, 0.4) is 0 Å². The molecule has 0 aliphatic heterocycles. The minimum Gasteiger partial charge on any atom is -0.396 e. The number of nitrogen functional groups attached to an aromatic ring is 1. The highest BCUT2D eigenvalue weighted by Gasteiger charge is 2.09. The number of carbonyl (C=O) groups excluding carboxylic acids is 1. The van der Waals surface area contributed by atoms with E-state index in [1.807, 2.05) is 19.1 Å². The summed E-state index contributed by atoms with van der Waals surface area (Å²) in [4.78, 5) is 16.3. The molecule has 2 aromatic heterocycles. The van der Waals surface area contributed by atoms with Crippen LogP contribution < -0.4 is 11.1 Å². The van der Waals surface area contributed by atoms with Crippen molar-refractivity contribution in [2.75, 3.05) is 11.1 Å². The lowest BCUT2D eigenvalue weighted by atomic mass is 10.2. The summed E-state index contributed by atoms with van der Waals surface area (Å²) in [7, 11) is 0. The van der Waals surface area contributed by atoms with E-state index in [0.29, 0.717) is 10.8 Å². The van der Waals surface area contributed by atoms with E-state index in [4.69, 9.17) is 5.73 Å². The normalized spacial score (nSPS) is 10.8. The summed E-state index contributed by atoms with van der Waals surface area (Å²) < 4.78 is 2.55. The fourth-order valence-electron chi connectivity index (χ4n) is 1.86. The first-order valence-electron chi connectivity index (χ1n) is 6.05. The van der Waals surface area contributed by atoms with E-state index in [-0.39, 0.29) is 12.5 Å². The number of nitrogens with two attached hydrogens (primary N) is 1. The van der Waals surface area contributed by atoms with Crippen molar-refractivity contribution >= 4 is 38.3 Å². The maximum absolute atomic E-state index is 11.9. The number of hydrogen-bond donors (Lipinski definition) is 2. The third kappa shape index (κ3) is 2.62. The zero-order chi connectivity index (χ0) is 14.1. The average Bonchev–Trinajstić information content (AvgIpc) is 2.94. The molecule has 0 saturated carbocycles. The lowest BCUT2D eigenvalue weighted by Gasteiger charge is -2.01. The van der Waals surface area contributed by atoms with Gasteiger partial charge in [0.25, 0.3) is 0 Å². The molecule has 20 heavy (non-hydrogen) atoms. The highest BCUT2D eigenvalue weighted by atomic mass is 32.1. The fraction of sp³-hybridized carbons (Fsp3) is 0.154. The molecule has 0 atom stereocenters. The van der Waals surface area contributed by atoms with E-state index >= 15 is 0 Å². The highest BCUT2D eigenvalue weighted by molar-refractivity contribution is 7.22. The molecule has 7 heteroatoms. The lowest BCUT2D eigenvalue weighted by molar-refractivity contribution is -0.116. The topological polar surface area (TPSA) is 85.8 Å². The SMILES string of the molecule is Cc1ccc2nc(NC(=O)Cn3cc(N)cn3)sc2c1. The molecule has 0 bridgehead atoms. The Kier molecular flexibility index (Phi) is 3.11. The van der Waals surface area contributed by atoms with E-state index in [0.717, 1.165) is 10.2 Å². The number of amides is 1. The number of rotatable bonds is 3. The van der Waals surface area contributed by atoms with Crippen molar-refractivity contribution in [2.24, 2.45) is 0 Å². The molecule has 3 rings (SSSR count). The predicted octanol–water partition coefficient (Wildman–Crippen LogP) is 2.02. The number of aromatic nitrogens is 3. The number of hydrogen-bond acceptors (Lipinski definition) is 5. The van der Waals surface area contributed by atoms with Gasteiger partial charge in [0.15, 0.2) is 5.13 Å². The highest BCUT2D eigenvalue weighted by Crippen LogP contribution is 2.26. The van der Waals surface area contributed by atoms with Crippen LogP contribution in [0.5, 0.6) is 0 Å². The average molecular weight is 287 g/mol. The summed E-state index contributed by atoms with van der Waals surface area (Å²) in [6.07, 6.45) is 3.12. The van der Waals surface area contributed by atoms with Gasteiger partial charge in [-0.1, -0.05) is 17.4 Å². The molecule has 3 N–H and O–H groups in total. The summed E-state index contributed by atoms with van der Waals surface area (Å²) >= 11 is 1.46. The van der Waals surface area contributed by atoms with Gasteiger partial charge < -0.3 is 11.1 Å². The molecule has 0 aliphatic carbocycles. The Morgan fingerprint density at radius 1 is 1.50 bits per heavy atom. The third-order valence-electron chi connectivity index (χ3n) is 2.75. The van der Waals surface area contributed by atoms with Crippen LogP contribution in [-0.2, 0) is 11.3 Å². The Labute approximate surface area is 119 Å². The molecule has 1 amide bonds. The number of nitrogens with one attached hydrogen (secondary N) is 1. The number of aryl methyl sites for hydroxylation is 1. The smallest absolute Gasteiger partial charge is 0.247 e. The van der Waals surface area contributed by atoms with E-state index < -0.39 is 0 Å². The Hall–Kier alpha value is -2.41. The number of thiazole rings is 1. The number of fused-ring (bicyclic) bond motifs is 1. The molecule has 102 valence electrons. The van der Waals surface area contributed by atoms with Gasteiger partial charge >= 0.3 is 0 Å². The molecular weight excluding hydrogens is 274 g/mol. The minimum absolute atomic E-state index is 0.117. The molecule has 0 saturated heterocycles. The number of benzene rings is 1. The third-order valence-corrected chi connectivity index (χ3v) is 3.68. The fourth-order valence-corrected chi connectivity index (χ4v) is 2.84. The first-order valence-corrected chi connectivity index (χ1v) is 6.87. The van der Waals surface area contributed by atoms with Crippen molar-refractivity contribution < 1.29 is 4.79 Å². The number of anilines is 2. The van der Waals surface area contributed by atoms with Crippen LogP contribution in [0.2, 0.25) is 0 Å². The second-order valence-electron chi connectivity index (χ2n) is 4.51. The van der Waals surface area contributed by atoms with E-state index in [1.54, 1.807) is 6.20 Å². The van der Waals surface area contributed by atoms with Gasteiger partial charge in [0.05, 0.1) is 22.1 Å². The van der Waals surface area contributed by atoms with E-state index in [2.05, 4.69) is 21.5 Å². The summed E-state index contributed by atoms with van der Waals surface area (Å²) in [5.41, 5.74) is 8.14. The quantitative estimate of drug-likeness (QED) is 0.771. The molecule has 3 aromatic rings. The second-order valence-corrected chi connectivity index (χ2v) is 5.54. The van der Waals surface area contributed by atoms with Gasteiger partial charge in [0.2, 0.25) is 5.91 Å².